The maximum absolute atomic E-state index is 5.64. The maximum Gasteiger partial charge on any atom is 2.00 e. The van der Waals surface area contributed by atoms with Gasteiger partial charge in [-0.3, -0.25) is 0 Å². The van der Waals surface area contributed by atoms with Crippen LogP contribution in [0.1, 0.15) is 22.3 Å². The van der Waals surface area contributed by atoms with Gasteiger partial charge in [-0.05, 0) is 63.7 Å². The Morgan fingerprint density at radius 1 is 0.551 bits per heavy atom. The summed E-state index contributed by atoms with van der Waals surface area (Å²) in [6.07, 6.45) is 7.77. The smallest absolute Gasteiger partial charge is 0.540 e. The van der Waals surface area contributed by atoms with Gasteiger partial charge >= 0.3 is 21.1 Å². The predicted octanol–water partition coefficient (Wildman–Crippen LogP) is 11.1. The van der Waals surface area contributed by atoms with Crippen LogP contribution >= 0.6 is 23.5 Å². The third-order valence-electron chi connectivity index (χ3n) is 8.24. The van der Waals surface area contributed by atoms with Gasteiger partial charge in [0.05, 0.1) is 14.2 Å². The molecule has 7 heteroatoms. The van der Waals surface area contributed by atoms with Crippen LogP contribution in [0, 0.1) is 39.8 Å². The van der Waals surface area contributed by atoms with Crippen molar-refractivity contribution in [3.8, 4) is 56.3 Å². The average Bonchev–Trinajstić information content (AvgIpc) is 3.11. The average molecular weight is 864 g/mol. The molecule has 0 fully saturated rings. The Kier molecular flexibility index (Phi) is 13.7. The summed E-state index contributed by atoms with van der Waals surface area (Å²) in [7, 11) is 3.39. The Hall–Kier alpha value is -3.83. The monoisotopic (exact) mass is 863 g/mol. The first-order valence-electron chi connectivity index (χ1n) is 15.6. The molecule has 0 unspecified atom stereocenters. The van der Waals surface area contributed by atoms with Crippen molar-refractivity contribution in [3.05, 3.63) is 132 Å². The molecule has 0 bridgehead atoms. The summed E-state index contributed by atoms with van der Waals surface area (Å²) < 4.78 is 11.3. The second kappa shape index (κ2) is 17.7. The molecule has 0 amide bonds. The van der Waals surface area contributed by atoms with Crippen LogP contribution < -0.4 is 9.47 Å². The van der Waals surface area contributed by atoms with E-state index in [1.54, 1.807) is 37.7 Å². The van der Waals surface area contributed by atoms with Gasteiger partial charge in [0.2, 0.25) is 0 Å². The van der Waals surface area contributed by atoms with Crippen LogP contribution in [0.15, 0.2) is 107 Å². The van der Waals surface area contributed by atoms with Crippen LogP contribution in [0.5, 0.6) is 11.5 Å². The fraction of sp³-hybridized carbons (Fsp3) is 0.190. The largest absolute Gasteiger partial charge is 2.00 e. The molecule has 6 aromatic rings. The van der Waals surface area contributed by atoms with Crippen LogP contribution in [0.2, 0.25) is 0 Å². The quantitative estimate of drug-likeness (QED) is 0.112. The molecule has 252 valence electrons. The summed E-state index contributed by atoms with van der Waals surface area (Å²) in [4.78, 5) is 11.3. The van der Waals surface area contributed by atoms with Crippen LogP contribution in [0.4, 0.5) is 0 Å². The number of hydrogen-bond donors (Lipinski definition) is 0. The zero-order valence-corrected chi connectivity index (χ0v) is 33.0. The Bertz CT molecular complexity index is 1860. The molecular weight excluding hydrogens is 824 g/mol. The molecule has 2 aromatic heterocycles. The summed E-state index contributed by atoms with van der Waals surface area (Å²) in [6.45, 7) is 8.52. The molecule has 4 nitrogen and oxygen atoms in total. The minimum absolute atomic E-state index is 0. The molecular formula is C42H40N2O2PtS2. The van der Waals surface area contributed by atoms with E-state index in [2.05, 4.69) is 123 Å². The van der Waals surface area contributed by atoms with Gasteiger partial charge in [0.25, 0.3) is 0 Å². The summed E-state index contributed by atoms with van der Waals surface area (Å²) in [5.74, 6) is 1.59. The molecule has 0 saturated heterocycles. The van der Waals surface area contributed by atoms with E-state index < -0.39 is 0 Å². The summed E-state index contributed by atoms with van der Waals surface area (Å²) in [6, 6.07) is 35.8. The molecule has 0 radical (unpaired) electrons. The van der Waals surface area contributed by atoms with Crippen molar-refractivity contribution >= 4 is 23.5 Å². The Balaban J connectivity index is 0.000000216. The normalized spacial score (nSPS) is 10.4. The number of aromatic nitrogens is 2. The van der Waals surface area contributed by atoms with Gasteiger partial charge in [-0.1, -0.05) is 116 Å². The zero-order valence-electron chi connectivity index (χ0n) is 29.1. The standard InChI is InChI=1S/2C21H20NOS.Pt/c2*1-14-6-5-7-15(2)21(14)16-8-9-18(20(12-16)23-3)19-13-17(24-4)10-11-22-19;/h2*5-8,10-13H,1-4H3;/q2*-1;+2. The molecule has 2 heterocycles. The molecule has 0 spiro atoms. The first-order valence-corrected chi connectivity index (χ1v) is 18.1. The third kappa shape index (κ3) is 8.86. The third-order valence-corrected chi connectivity index (χ3v) is 9.69. The molecule has 0 aliphatic heterocycles. The van der Waals surface area contributed by atoms with E-state index in [9.17, 15) is 0 Å². The van der Waals surface area contributed by atoms with Gasteiger partial charge in [-0.2, -0.15) is 0 Å². The first-order chi connectivity index (χ1) is 23.3. The van der Waals surface area contributed by atoms with Gasteiger partial charge in [-0.25, -0.2) is 0 Å². The molecule has 0 saturated carbocycles. The van der Waals surface area contributed by atoms with Gasteiger partial charge in [0.15, 0.2) is 0 Å². The van der Waals surface area contributed by atoms with E-state index in [0.29, 0.717) is 0 Å². The fourth-order valence-electron chi connectivity index (χ4n) is 5.85. The predicted molar refractivity (Wildman–Crippen MR) is 204 cm³/mol. The van der Waals surface area contributed by atoms with Gasteiger partial charge in [0.1, 0.15) is 0 Å². The van der Waals surface area contributed by atoms with Crippen molar-refractivity contribution in [2.24, 2.45) is 0 Å². The Labute approximate surface area is 314 Å². The zero-order chi connectivity index (χ0) is 34.2. The minimum atomic E-state index is 0. The van der Waals surface area contributed by atoms with E-state index in [1.165, 1.54) is 43.2 Å². The van der Waals surface area contributed by atoms with Gasteiger partial charge in [-0.15, -0.1) is 47.8 Å². The number of thioether (sulfide) groups is 2. The van der Waals surface area contributed by atoms with E-state index in [0.717, 1.165) is 45.1 Å². The van der Waals surface area contributed by atoms with Crippen LogP contribution in [0.25, 0.3) is 44.8 Å². The molecule has 4 aromatic carbocycles. The maximum atomic E-state index is 5.64. The van der Waals surface area contributed by atoms with E-state index in [4.69, 9.17) is 9.47 Å². The Morgan fingerprint density at radius 3 is 1.24 bits per heavy atom. The number of nitrogens with zero attached hydrogens (tertiary/aromatic N) is 2. The van der Waals surface area contributed by atoms with E-state index >= 15 is 0 Å². The van der Waals surface area contributed by atoms with E-state index in [1.807, 2.05) is 36.7 Å². The minimum Gasteiger partial charge on any atom is -0.540 e. The number of methoxy groups -OCH3 is 2. The number of rotatable bonds is 8. The molecule has 6 rings (SSSR count). The van der Waals surface area contributed by atoms with Crippen molar-refractivity contribution in [3.63, 3.8) is 0 Å². The molecule has 0 aliphatic rings. The van der Waals surface area contributed by atoms with Gasteiger partial charge < -0.3 is 19.4 Å². The van der Waals surface area contributed by atoms with Gasteiger partial charge in [0, 0.05) is 33.7 Å². The van der Waals surface area contributed by atoms with E-state index in [-0.39, 0.29) is 21.1 Å². The fourth-order valence-corrected chi connectivity index (χ4v) is 6.71. The van der Waals surface area contributed by atoms with Crippen LogP contribution in [-0.4, -0.2) is 36.7 Å². The molecule has 49 heavy (non-hydrogen) atoms. The second-order valence-electron chi connectivity index (χ2n) is 11.4. The summed E-state index contributed by atoms with van der Waals surface area (Å²) in [5, 5.41) is 0. The van der Waals surface area contributed by atoms with Crippen molar-refractivity contribution in [2.45, 2.75) is 37.5 Å². The van der Waals surface area contributed by atoms with Crippen molar-refractivity contribution in [1.29, 1.82) is 0 Å². The number of pyridine rings is 2. The topological polar surface area (TPSA) is 44.2 Å². The van der Waals surface area contributed by atoms with Crippen LogP contribution in [0.3, 0.4) is 0 Å². The number of benzene rings is 4. The second-order valence-corrected chi connectivity index (χ2v) is 13.1. The number of aryl methyl sites for hydroxylation is 4. The summed E-state index contributed by atoms with van der Waals surface area (Å²) in [5.41, 5.74) is 13.3. The van der Waals surface area contributed by atoms with Crippen molar-refractivity contribution in [2.75, 3.05) is 26.7 Å². The number of ether oxygens (including phenoxy) is 2. The van der Waals surface area contributed by atoms with Crippen molar-refractivity contribution < 1.29 is 30.5 Å². The molecule has 0 aliphatic carbocycles. The SMILES string of the molecule is COc1cc(-c2c(C)cccc2C)c[c-]c1-c1cc(SC)ccn1.COc1cc(-c2c(C)cccc2C)c[c-]c1-c1cc(SC)ccn1.[Pt+2]. The summed E-state index contributed by atoms with van der Waals surface area (Å²) >= 11 is 3.40. The number of hydrogen-bond acceptors (Lipinski definition) is 6. The first kappa shape index (κ1) is 38.0. The molecule has 0 atom stereocenters. The van der Waals surface area contributed by atoms with Crippen LogP contribution in [-0.2, 0) is 21.1 Å². The molecule has 0 N–H and O–H groups in total. The van der Waals surface area contributed by atoms with Crippen molar-refractivity contribution in [1.82, 2.24) is 9.97 Å². The Morgan fingerprint density at radius 2 is 0.918 bits per heavy atom.